The van der Waals surface area contributed by atoms with E-state index in [9.17, 15) is 14.0 Å². The van der Waals surface area contributed by atoms with Crippen LogP contribution in [0.15, 0.2) is 42.5 Å². The Balaban J connectivity index is 1.57. The Morgan fingerprint density at radius 1 is 1.31 bits per heavy atom. The van der Waals surface area contributed by atoms with Gasteiger partial charge in [-0.15, -0.1) is 0 Å². The molecule has 0 unspecified atom stereocenters. The topological polar surface area (TPSA) is 86.9 Å². The van der Waals surface area contributed by atoms with Crippen molar-refractivity contribution >= 4 is 28.5 Å². The number of amides is 2. The molecule has 2 aromatic carbocycles. The number of aromatic nitrogens is 2. The number of para-hydroxylation sites is 2. The van der Waals surface area contributed by atoms with E-state index in [1.807, 2.05) is 31.2 Å². The maximum absolute atomic E-state index is 13.4. The fourth-order valence-corrected chi connectivity index (χ4v) is 3.23. The molecule has 0 aliphatic carbocycles. The Labute approximate surface area is 148 Å². The normalized spacial score (nSPS) is 17.5. The molecule has 132 valence electrons. The summed E-state index contributed by atoms with van der Waals surface area (Å²) in [6.07, 6.45) is 0.0251. The minimum absolute atomic E-state index is 0.0251. The van der Waals surface area contributed by atoms with Gasteiger partial charge < -0.3 is 15.6 Å². The molecule has 6 nitrogen and oxygen atoms in total. The van der Waals surface area contributed by atoms with Gasteiger partial charge in [0.15, 0.2) is 0 Å². The number of nitrogens with zero attached hydrogens (tertiary/aromatic N) is 1. The monoisotopic (exact) mass is 352 g/mol. The highest BCUT2D eigenvalue weighted by molar-refractivity contribution is 6.01. The molecule has 1 aliphatic rings. The quantitative estimate of drug-likeness (QED) is 0.677. The summed E-state index contributed by atoms with van der Waals surface area (Å²) in [6, 6.07) is 11.3. The fourth-order valence-electron chi connectivity index (χ4n) is 3.23. The molecule has 0 saturated heterocycles. The number of carbonyl (C=O) groups is 2. The molecule has 3 N–H and O–H groups in total. The first-order valence-electron chi connectivity index (χ1n) is 8.35. The van der Waals surface area contributed by atoms with E-state index in [4.69, 9.17) is 0 Å². The Morgan fingerprint density at radius 3 is 2.92 bits per heavy atom. The molecule has 0 bridgehead atoms. The first-order chi connectivity index (χ1) is 12.5. The molecule has 0 saturated carbocycles. The number of imidazole rings is 1. The molecule has 1 aliphatic heterocycles. The van der Waals surface area contributed by atoms with Crippen LogP contribution in [0.25, 0.3) is 11.0 Å². The predicted octanol–water partition coefficient (Wildman–Crippen LogP) is 3.01. The smallest absolute Gasteiger partial charge is 0.228 e. The van der Waals surface area contributed by atoms with E-state index in [2.05, 4.69) is 20.6 Å². The van der Waals surface area contributed by atoms with Gasteiger partial charge >= 0.3 is 0 Å². The number of carbonyl (C=O) groups excluding carboxylic acids is 2. The number of anilines is 1. The minimum Gasteiger partial charge on any atom is -0.346 e. The second-order valence-electron chi connectivity index (χ2n) is 6.41. The van der Waals surface area contributed by atoms with Gasteiger partial charge in [-0.2, -0.15) is 0 Å². The van der Waals surface area contributed by atoms with Crippen LogP contribution in [-0.2, 0) is 9.59 Å². The lowest BCUT2D eigenvalue weighted by atomic mass is 9.89. The van der Waals surface area contributed by atoms with Crippen LogP contribution in [0.2, 0.25) is 0 Å². The maximum Gasteiger partial charge on any atom is 0.228 e. The third kappa shape index (κ3) is 2.92. The van der Waals surface area contributed by atoms with E-state index in [1.54, 1.807) is 6.07 Å². The van der Waals surface area contributed by atoms with Gasteiger partial charge in [0.25, 0.3) is 0 Å². The van der Waals surface area contributed by atoms with E-state index < -0.39 is 11.7 Å². The Kier molecular flexibility index (Phi) is 3.91. The second-order valence-corrected chi connectivity index (χ2v) is 6.41. The molecule has 2 heterocycles. The SMILES string of the molecule is C[C@@H](NC(=O)[C@@H]1CC(=O)Nc2cc(F)ccc21)c1nc2ccccc2[nH]1. The van der Waals surface area contributed by atoms with E-state index in [0.29, 0.717) is 17.1 Å². The molecule has 4 rings (SSSR count). The Bertz CT molecular complexity index is 981. The lowest BCUT2D eigenvalue weighted by Gasteiger charge is -2.26. The molecule has 3 aromatic rings. The van der Waals surface area contributed by atoms with Gasteiger partial charge in [0.05, 0.1) is 23.0 Å². The minimum atomic E-state index is -0.661. The lowest BCUT2D eigenvalue weighted by Crippen LogP contribution is -2.36. The van der Waals surface area contributed by atoms with Gasteiger partial charge in [0.2, 0.25) is 11.8 Å². The Hall–Kier alpha value is -3.22. The van der Waals surface area contributed by atoms with E-state index in [-0.39, 0.29) is 24.3 Å². The van der Waals surface area contributed by atoms with Gasteiger partial charge in [0, 0.05) is 12.1 Å². The molecular weight excluding hydrogens is 335 g/mol. The number of hydrogen-bond acceptors (Lipinski definition) is 3. The summed E-state index contributed by atoms with van der Waals surface area (Å²) in [5.41, 5.74) is 2.67. The summed E-state index contributed by atoms with van der Waals surface area (Å²) in [7, 11) is 0. The molecule has 1 aromatic heterocycles. The van der Waals surface area contributed by atoms with Gasteiger partial charge in [-0.05, 0) is 36.8 Å². The highest BCUT2D eigenvalue weighted by atomic mass is 19.1. The van der Waals surface area contributed by atoms with Crippen LogP contribution in [0, 0.1) is 5.82 Å². The summed E-state index contributed by atoms with van der Waals surface area (Å²) < 4.78 is 13.4. The summed E-state index contributed by atoms with van der Waals surface area (Å²) >= 11 is 0. The number of H-pyrrole nitrogens is 1. The highest BCUT2D eigenvalue weighted by Crippen LogP contribution is 2.33. The summed E-state index contributed by atoms with van der Waals surface area (Å²) in [5.74, 6) is -1.08. The zero-order valence-electron chi connectivity index (χ0n) is 14.0. The van der Waals surface area contributed by atoms with Crippen LogP contribution < -0.4 is 10.6 Å². The molecule has 2 amide bonds. The number of nitrogens with one attached hydrogen (secondary N) is 3. The Morgan fingerprint density at radius 2 is 2.12 bits per heavy atom. The van der Waals surface area contributed by atoms with Crippen molar-refractivity contribution < 1.29 is 14.0 Å². The number of rotatable bonds is 3. The van der Waals surface area contributed by atoms with Crippen LogP contribution in [0.5, 0.6) is 0 Å². The van der Waals surface area contributed by atoms with Gasteiger partial charge in [-0.3, -0.25) is 9.59 Å². The zero-order valence-corrected chi connectivity index (χ0v) is 14.0. The number of benzene rings is 2. The van der Waals surface area contributed by atoms with Crippen LogP contribution in [-0.4, -0.2) is 21.8 Å². The predicted molar refractivity (Wildman–Crippen MR) is 95.0 cm³/mol. The van der Waals surface area contributed by atoms with Crippen molar-refractivity contribution in [2.75, 3.05) is 5.32 Å². The number of fused-ring (bicyclic) bond motifs is 2. The molecular formula is C19H17FN4O2. The summed E-state index contributed by atoms with van der Waals surface area (Å²) in [5, 5.41) is 5.51. The molecule has 0 spiro atoms. The van der Waals surface area contributed by atoms with Crippen molar-refractivity contribution in [2.24, 2.45) is 0 Å². The highest BCUT2D eigenvalue weighted by Gasteiger charge is 2.32. The van der Waals surface area contributed by atoms with Crippen molar-refractivity contribution in [1.82, 2.24) is 15.3 Å². The van der Waals surface area contributed by atoms with Crippen molar-refractivity contribution in [3.8, 4) is 0 Å². The van der Waals surface area contributed by atoms with Crippen molar-refractivity contribution in [3.63, 3.8) is 0 Å². The van der Waals surface area contributed by atoms with Gasteiger partial charge in [-0.25, -0.2) is 9.37 Å². The third-order valence-electron chi connectivity index (χ3n) is 4.55. The molecule has 0 radical (unpaired) electrons. The molecule has 26 heavy (non-hydrogen) atoms. The first kappa shape index (κ1) is 16.3. The van der Waals surface area contributed by atoms with Crippen LogP contribution in [0.1, 0.15) is 36.7 Å². The van der Waals surface area contributed by atoms with Crippen LogP contribution in [0.4, 0.5) is 10.1 Å². The number of halogens is 1. The van der Waals surface area contributed by atoms with Crippen molar-refractivity contribution in [2.45, 2.75) is 25.3 Å². The van der Waals surface area contributed by atoms with Gasteiger partial charge in [-0.1, -0.05) is 18.2 Å². The third-order valence-corrected chi connectivity index (χ3v) is 4.55. The zero-order chi connectivity index (χ0) is 18.3. The largest absolute Gasteiger partial charge is 0.346 e. The van der Waals surface area contributed by atoms with E-state index >= 15 is 0 Å². The fraction of sp³-hybridized carbons (Fsp3) is 0.211. The standard InChI is InChI=1S/C19H17FN4O2/c1-10(18-23-14-4-2-3-5-15(14)24-18)21-19(26)13-9-17(25)22-16-8-11(20)6-7-12(13)16/h2-8,10,13H,9H2,1H3,(H,21,26)(H,22,25)(H,23,24)/t10-,13-/m1/s1. The van der Waals surface area contributed by atoms with Crippen LogP contribution >= 0.6 is 0 Å². The summed E-state index contributed by atoms with van der Waals surface area (Å²) in [4.78, 5) is 32.3. The number of hydrogen-bond donors (Lipinski definition) is 3. The molecule has 2 atom stereocenters. The second kappa shape index (κ2) is 6.25. The average Bonchev–Trinajstić information content (AvgIpc) is 3.04. The first-order valence-corrected chi connectivity index (χ1v) is 8.35. The average molecular weight is 352 g/mol. The number of aromatic amines is 1. The summed E-state index contributed by atoms with van der Waals surface area (Å²) in [6.45, 7) is 1.82. The maximum atomic E-state index is 13.4. The van der Waals surface area contributed by atoms with Crippen LogP contribution in [0.3, 0.4) is 0 Å². The molecule has 7 heteroatoms. The van der Waals surface area contributed by atoms with Gasteiger partial charge in [0.1, 0.15) is 11.6 Å². The van der Waals surface area contributed by atoms with Crippen molar-refractivity contribution in [1.29, 1.82) is 0 Å². The van der Waals surface area contributed by atoms with E-state index in [1.165, 1.54) is 12.1 Å². The molecule has 0 fully saturated rings. The lowest BCUT2D eigenvalue weighted by molar-refractivity contribution is -0.126. The van der Waals surface area contributed by atoms with E-state index in [0.717, 1.165) is 11.0 Å². The van der Waals surface area contributed by atoms with Crippen molar-refractivity contribution in [3.05, 3.63) is 59.7 Å².